The van der Waals surface area contributed by atoms with E-state index in [2.05, 4.69) is 5.32 Å². The average molecular weight is 281 g/mol. The summed E-state index contributed by atoms with van der Waals surface area (Å²) in [4.78, 5) is 21.5. The van der Waals surface area contributed by atoms with Crippen molar-refractivity contribution in [1.29, 1.82) is 0 Å². The Morgan fingerprint density at radius 1 is 1.50 bits per heavy atom. The van der Waals surface area contributed by atoms with Crippen molar-refractivity contribution in [3.63, 3.8) is 0 Å². The number of aliphatic carboxylic acids is 1. The van der Waals surface area contributed by atoms with E-state index < -0.39 is 25.7 Å². The van der Waals surface area contributed by atoms with Gasteiger partial charge in [-0.1, -0.05) is 0 Å². The minimum atomic E-state index is -0.948. The van der Waals surface area contributed by atoms with Crippen LogP contribution in [-0.2, 0) is 17.8 Å². The van der Waals surface area contributed by atoms with Crippen LogP contribution < -0.4 is 5.32 Å². The van der Waals surface area contributed by atoms with Crippen molar-refractivity contribution in [3.8, 4) is 0 Å². The van der Waals surface area contributed by atoms with Crippen molar-refractivity contribution in [2.24, 2.45) is 0 Å². The molecule has 0 aromatic rings. The molecule has 0 heterocycles. The van der Waals surface area contributed by atoms with Crippen LogP contribution in [0.4, 0.5) is 0 Å². The van der Waals surface area contributed by atoms with Crippen molar-refractivity contribution in [3.05, 3.63) is 0 Å². The van der Waals surface area contributed by atoms with Gasteiger partial charge in [-0.25, -0.2) is 0 Å². The van der Waals surface area contributed by atoms with E-state index >= 15 is 0 Å². The first-order valence-electron chi connectivity index (χ1n) is 5.14. The Labute approximate surface area is 103 Å². The van der Waals surface area contributed by atoms with Crippen molar-refractivity contribution >= 4 is 42.1 Å². The van der Waals surface area contributed by atoms with E-state index in [1.165, 1.54) is 0 Å². The molecule has 0 rings (SSSR count). The van der Waals surface area contributed by atoms with Gasteiger partial charge in [-0.05, 0) is 13.0 Å². The molecular formula is C7H19NO5Si3. The van der Waals surface area contributed by atoms with Crippen molar-refractivity contribution in [1.82, 2.24) is 5.32 Å². The Balaban J connectivity index is 3.50. The van der Waals surface area contributed by atoms with Crippen molar-refractivity contribution in [2.45, 2.75) is 31.9 Å². The van der Waals surface area contributed by atoms with E-state index in [1.54, 1.807) is 0 Å². The summed E-state index contributed by atoms with van der Waals surface area (Å²) in [6.45, 7) is 1.90. The summed E-state index contributed by atoms with van der Waals surface area (Å²) >= 11 is 0. The van der Waals surface area contributed by atoms with Gasteiger partial charge >= 0.3 is 5.97 Å². The summed E-state index contributed by atoms with van der Waals surface area (Å²) in [5.74, 6) is -1.16. The van der Waals surface area contributed by atoms with Gasteiger partial charge in [0.2, 0.25) is 5.91 Å². The molecule has 0 bridgehead atoms. The number of nitrogens with one attached hydrogen (secondary N) is 1. The highest BCUT2D eigenvalue weighted by atomic mass is 28.3. The van der Waals surface area contributed by atoms with Crippen molar-refractivity contribution < 1.29 is 22.9 Å². The quantitative estimate of drug-likeness (QED) is 0.352. The number of rotatable bonds is 9. The molecule has 1 amide bonds. The first-order chi connectivity index (χ1) is 7.56. The number of hydrogen-bond acceptors (Lipinski definition) is 4. The lowest BCUT2D eigenvalue weighted by molar-refractivity contribution is -0.138. The molecule has 2 N–H and O–H groups in total. The van der Waals surface area contributed by atoms with Crippen LogP contribution >= 0.6 is 0 Å². The van der Waals surface area contributed by atoms with Gasteiger partial charge < -0.3 is 18.7 Å². The van der Waals surface area contributed by atoms with Gasteiger partial charge in [0.1, 0.15) is 10.5 Å². The van der Waals surface area contributed by atoms with Crippen LogP contribution in [0.25, 0.3) is 0 Å². The standard InChI is InChI=1S/C7H19NO5Si3/c1-5(4-15-13-16-12-14)8-6(9)2-3-7(10)11/h5H,2-4,15-16H2,1,14H3,(H,8,9)(H,10,11). The van der Waals surface area contributed by atoms with Crippen LogP contribution in [0.1, 0.15) is 19.8 Å². The molecular weight excluding hydrogens is 262 g/mol. The Morgan fingerprint density at radius 2 is 2.19 bits per heavy atom. The SMILES string of the molecule is CC(C[SiH2]O[SiH2]O[SiH3])NC(=O)CCC(=O)O. The van der Waals surface area contributed by atoms with Crippen LogP contribution in [0.15, 0.2) is 0 Å². The first-order valence-corrected chi connectivity index (χ1v) is 8.69. The van der Waals surface area contributed by atoms with E-state index in [0.29, 0.717) is 0 Å². The molecule has 0 aliphatic carbocycles. The number of carboxylic acids is 1. The maximum absolute atomic E-state index is 11.2. The third kappa shape index (κ3) is 10.0. The first kappa shape index (κ1) is 15.5. The molecule has 9 heteroatoms. The summed E-state index contributed by atoms with van der Waals surface area (Å²) in [7, 11) is -0.595. The Hall–Kier alpha value is -0.489. The van der Waals surface area contributed by atoms with Crippen LogP contribution in [0, 0.1) is 0 Å². The molecule has 0 saturated heterocycles. The summed E-state index contributed by atoms with van der Waals surface area (Å²) in [6, 6.07) is 0.924. The average Bonchev–Trinajstić information content (AvgIpc) is 2.21. The van der Waals surface area contributed by atoms with E-state index in [1.807, 2.05) is 6.92 Å². The molecule has 16 heavy (non-hydrogen) atoms. The zero-order valence-corrected chi connectivity index (χ0v) is 14.5. The number of carbonyl (C=O) groups is 2. The van der Waals surface area contributed by atoms with Gasteiger partial charge in [0.25, 0.3) is 10.0 Å². The fourth-order valence-corrected chi connectivity index (χ4v) is 4.84. The molecule has 0 radical (unpaired) electrons. The fourth-order valence-electron chi connectivity index (χ4n) is 1.04. The van der Waals surface area contributed by atoms with Crippen LogP contribution in [0.2, 0.25) is 6.04 Å². The largest absolute Gasteiger partial charge is 0.481 e. The molecule has 6 nitrogen and oxygen atoms in total. The molecule has 0 saturated carbocycles. The zero-order chi connectivity index (χ0) is 12.4. The highest BCUT2D eigenvalue weighted by Gasteiger charge is 2.09. The smallest absolute Gasteiger partial charge is 0.303 e. The molecule has 1 unspecified atom stereocenters. The second-order valence-electron chi connectivity index (χ2n) is 3.47. The minimum absolute atomic E-state index is 0.0422. The molecule has 0 aliphatic heterocycles. The third-order valence-electron chi connectivity index (χ3n) is 1.87. The number of hydrogen-bond donors (Lipinski definition) is 2. The molecule has 0 aromatic carbocycles. The van der Waals surface area contributed by atoms with Gasteiger partial charge in [0.15, 0.2) is 9.76 Å². The molecule has 94 valence electrons. The van der Waals surface area contributed by atoms with Crippen LogP contribution in [0.3, 0.4) is 0 Å². The zero-order valence-electron chi connectivity index (χ0n) is 9.69. The monoisotopic (exact) mass is 281 g/mol. The third-order valence-corrected chi connectivity index (χ3v) is 5.74. The lowest BCUT2D eigenvalue weighted by Gasteiger charge is -2.13. The Bertz CT molecular complexity index is 228. The predicted molar refractivity (Wildman–Crippen MR) is 68.5 cm³/mol. The summed E-state index contributed by atoms with van der Waals surface area (Å²) in [5, 5.41) is 11.1. The Kier molecular flexibility index (Phi) is 9.42. The van der Waals surface area contributed by atoms with E-state index in [4.69, 9.17) is 13.3 Å². The van der Waals surface area contributed by atoms with Gasteiger partial charge in [-0.3, -0.25) is 9.59 Å². The summed E-state index contributed by atoms with van der Waals surface area (Å²) in [6.07, 6.45) is -0.0752. The predicted octanol–water partition coefficient (Wildman–Crippen LogP) is -2.83. The number of carboxylic acid groups (broad SMARTS) is 1. The maximum Gasteiger partial charge on any atom is 0.303 e. The molecule has 0 aromatic heterocycles. The molecule has 0 spiro atoms. The van der Waals surface area contributed by atoms with Crippen LogP contribution in [0.5, 0.6) is 0 Å². The topological polar surface area (TPSA) is 84.9 Å². The second kappa shape index (κ2) is 9.72. The summed E-state index contributed by atoms with van der Waals surface area (Å²) in [5.41, 5.74) is 0. The van der Waals surface area contributed by atoms with Gasteiger partial charge in [0.05, 0.1) is 6.42 Å². The van der Waals surface area contributed by atoms with Gasteiger partial charge in [0, 0.05) is 12.5 Å². The lowest BCUT2D eigenvalue weighted by atomic mass is 10.3. The lowest BCUT2D eigenvalue weighted by Crippen LogP contribution is -2.33. The van der Waals surface area contributed by atoms with E-state index in [0.717, 1.165) is 16.5 Å². The Morgan fingerprint density at radius 3 is 2.75 bits per heavy atom. The van der Waals surface area contributed by atoms with E-state index in [9.17, 15) is 9.59 Å². The maximum atomic E-state index is 11.2. The number of amides is 1. The molecule has 0 fully saturated rings. The van der Waals surface area contributed by atoms with Gasteiger partial charge in [-0.15, -0.1) is 0 Å². The summed E-state index contributed by atoms with van der Waals surface area (Å²) < 4.78 is 10.4. The van der Waals surface area contributed by atoms with Crippen molar-refractivity contribution in [2.75, 3.05) is 0 Å². The van der Waals surface area contributed by atoms with Gasteiger partial charge in [-0.2, -0.15) is 0 Å². The fraction of sp³-hybridized carbons (Fsp3) is 0.714. The number of carbonyl (C=O) groups excluding carboxylic acids is 1. The highest BCUT2D eigenvalue weighted by Crippen LogP contribution is 1.94. The molecule has 0 aliphatic rings. The molecule has 1 atom stereocenters. The van der Waals surface area contributed by atoms with Crippen LogP contribution in [-0.4, -0.2) is 53.3 Å². The minimum Gasteiger partial charge on any atom is -0.481 e. The normalized spacial score (nSPS) is 13.8. The second-order valence-corrected chi connectivity index (χ2v) is 8.63. The van der Waals surface area contributed by atoms with E-state index in [-0.39, 0.29) is 24.8 Å². The highest BCUT2D eigenvalue weighted by molar-refractivity contribution is 6.41.